The average Bonchev–Trinajstić information content (AvgIpc) is 3.95. The highest BCUT2D eigenvalue weighted by molar-refractivity contribution is 5.92. The summed E-state index contributed by atoms with van der Waals surface area (Å²) in [6, 6.07) is 0. The predicted molar refractivity (Wildman–Crippen MR) is 150 cm³/mol. The third kappa shape index (κ3) is 3.95. The van der Waals surface area contributed by atoms with Crippen molar-refractivity contribution >= 4 is 12.1 Å². The molecule has 15 heteroatoms. The Morgan fingerprint density at radius 2 is 1.87 bits per heavy atom. The second kappa shape index (κ2) is 10.5. The molecule has 1 amide bonds. The van der Waals surface area contributed by atoms with Crippen molar-refractivity contribution in [3.05, 3.63) is 11.1 Å². The number of cyclic esters (lactones) is 1. The van der Waals surface area contributed by atoms with Gasteiger partial charge in [-0.05, 0) is 36.7 Å². The van der Waals surface area contributed by atoms with Gasteiger partial charge >= 0.3 is 12.1 Å². The molecule has 5 aliphatic heterocycles. The van der Waals surface area contributed by atoms with E-state index in [4.69, 9.17) is 37.9 Å². The van der Waals surface area contributed by atoms with E-state index in [1.54, 1.807) is 0 Å². The number of aliphatic hydroxyl groups excluding tert-OH is 4. The van der Waals surface area contributed by atoms with Crippen LogP contribution in [-0.2, 0) is 42.7 Å². The molecule has 4 saturated heterocycles. The number of amides is 1. The molecule has 6 fully saturated rings. The van der Waals surface area contributed by atoms with Gasteiger partial charge in [-0.1, -0.05) is 20.8 Å². The number of esters is 1. The highest BCUT2D eigenvalue weighted by atomic mass is 16.8. The molecule has 256 valence electrons. The lowest BCUT2D eigenvalue weighted by Gasteiger charge is -2.53. The van der Waals surface area contributed by atoms with Crippen LogP contribution in [0, 0.1) is 17.3 Å². The molecular formula is C31H43NO14. The maximum Gasteiger partial charge on any atom is 0.407 e. The number of epoxide rings is 3. The molecule has 8 aliphatic rings. The van der Waals surface area contributed by atoms with Crippen molar-refractivity contribution in [2.75, 3.05) is 39.6 Å². The van der Waals surface area contributed by atoms with E-state index in [2.05, 4.69) is 26.1 Å². The first-order chi connectivity index (χ1) is 22.0. The van der Waals surface area contributed by atoms with Gasteiger partial charge in [-0.15, -0.1) is 0 Å². The summed E-state index contributed by atoms with van der Waals surface area (Å²) in [5, 5.41) is 41.9. The normalized spacial score (nSPS) is 50.7. The zero-order valence-corrected chi connectivity index (χ0v) is 26.1. The molecule has 0 aromatic carbocycles. The van der Waals surface area contributed by atoms with Gasteiger partial charge in [-0.3, -0.25) is 0 Å². The predicted octanol–water partition coefficient (Wildman–Crippen LogP) is -1.33. The van der Waals surface area contributed by atoms with Gasteiger partial charge in [-0.2, -0.15) is 0 Å². The maximum atomic E-state index is 13.3. The fourth-order valence-electron chi connectivity index (χ4n) is 9.75. The Bertz CT molecular complexity index is 1320. The van der Waals surface area contributed by atoms with E-state index in [1.807, 2.05) is 0 Å². The SMILES string of the molecule is CC(C)[C@]12O[C@H]1[C@@H]1O[C@]13[C@]1(O[C@H]1C[C@H]1C4=C(CC[C@@]13C)C(=O)OC4)[C@@H]2OC(=O)NCCOCCOC1O[C@H](CO)[C@@H](O)[C@H](O)[C@H]1O. The minimum Gasteiger partial charge on any atom is -0.458 e. The van der Waals surface area contributed by atoms with Crippen LogP contribution >= 0.6 is 0 Å². The zero-order valence-electron chi connectivity index (χ0n) is 26.1. The van der Waals surface area contributed by atoms with Crippen LogP contribution in [0.15, 0.2) is 11.1 Å². The highest BCUT2D eigenvalue weighted by Crippen LogP contribution is 2.83. The van der Waals surface area contributed by atoms with E-state index in [9.17, 15) is 30.0 Å². The van der Waals surface area contributed by atoms with Crippen molar-refractivity contribution in [2.24, 2.45) is 17.3 Å². The summed E-state index contributed by atoms with van der Waals surface area (Å²) in [6.45, 7) is 6.49. The van der Waals surface area contributed by atoms with E-state index >= 15 is 0 Å². The van der Waals surface area contributed by atoms with Gasteiger partial charge in [0.2, 0.25) is 0 Å². The number of hydrogen-bond donors (Lipinski definition) is 5. The summed E-state index contributed by atoms with van der Waals surface area (Å²) in [4.78, 5) is 25.7. The lowest BCUT2D eigenvalue weighted by molar-refractivity contribution is -0.302. The number of hydrogen-bond acceptors (Lipinski definition) is 14. The topological polar surface area (TPSA) is 211 Å². The van der Waals surface area contributed by atoms with Gasteiger partial charge in [0.05, 0.1) is 32.5 Å². The Balaban J connectivity index is 0.885. The molecule has 46 heavy (non-hydrogen) atoms. The van der Waals surface area contributed by atoms with Crippen molar-refractivity contribution in [2.45, 2.75) is 112 Å². The number of ether oxygens (including phenoxy) is 8. The summed E-state index contributed by atoms with van der Waals surface area (Å²) in [7, 11) is 0. The lowest BCUT2D eigenvalue weighted by Crippen LogP contribution is -2.70. The fourth-order valence-corrected chi connectivity index (χ4v) is 9.75. The van der Waals surface area contributed by atoms with Crippen LogP contribution in [-0.4, -0.2) is 144 Å². The summed E-state index contributed by atoms with van der Waals surface area (Å²) in [5.41, 5.74) is -0.712. The number of carbonyl (C=O) groups is 2. The van der Waals surface area contributed by atoms with Crippen LogP contribution in [0.25, 0.3) is 0 Å². The van der Waals surface area contributed by atoms with E-state index in [1.165, 1.54) is 0 Å². The van der Waals surface area contributed by atoms with Gasteiger partial charge in [0.1, 0.15) is 54.4 Å². The summed E-state index contributed by atoms with van der Waals surface area (Å²) in [6.07, 6.45) is -6.61. The molecular weight excluding hydrogens is 610 g/mol. The largest absolute Gasteiger partial charge is 0.458 e. The van der Waals surface area contributed by atoms with Crippen molar-refractivity contribution in [1.29, 1.82) is 0 Å². The fraction of sp³-hybridized carbons (Fsp3) is 0.871. The summed E-state index contributed by atoms with van der Waals surface area (Å²) >= 11 is 0. The molecule has 1 unspecified atom stereocenters. The molecule has 3 aliphatic carbocycles. The number of fused-ring (bicyclic) bond motifs is 4. The second-order valence-electron chi connectivity index (χ2n) is 14.4. The number of alkyl carbamates (subject to hydrolysis) is 1. The first kappa shape index (κ1) is 31.4. The smallest absolute Gasteiger partial charge is 0.407 e. The van der Waals surface area contributed by atoms with Crippen molar-refractivity contribution in [3.8, 4) is 0 Å². The Hall–Kier alpha value is -1.92. The number of carbonyl (C=O) groups excluding carboxylic acids is 2. The van der Waals surface area contributed by atoms with Crippen molar-refractivity contribution in [1.82, 2.24) is 5.32 Å². The molecule has 14 atom stereocenters. The standard InChI is InChI=1S/C31H43NO14/c1-13(2)29-22(45-29)23-31(46-23)28(3)5-4-14-15(12-41-24(14)37)16(28)10-18-30(31,44-18)26(29)43-27(38)32-6-7-39-8-9-40-25-21(36)20(35)19(34)17(11-33)42-25/h13,16-23,25-26,33-36H,4-12H2,1-3H3,(H,32,38)/t16-,17+,18-,19+,20-,21+,22-,23-,25?,26+,28-,29-,30+,31+/m0/s1. The molecule has 15 nitrogen and oxygen atoms in total. The highest BCUT2D eigenvalue weighted by Gasteiger charge is 3.01. The minimum absolute atomic E-state index is 0.00616. The van der Waals surface area contributed by atoms with Crippen LogP contribution in [0.3, 0.4) is 0 Å². The van der Waals surface area contributed by atoms with E-state index in [0.29, 0.717) is 19.4 Å². The summed E-state index contributed by atoms with van der Waals surface area (Å²) in [5.74, 6) is -0.0988. The number of rotatable bonds is 10. The minimum atomic E-state index is -1.52. The average molecular weight is 654 g/mol. The van der Waals surface area contributed by atoms with Gasteiger partial charge in [0, 0.05) is 17.5 Å². The van der Waals surface area contributed by atoms with Crippen LogP contribution in [0.2, 0.25) is 0 Å². The molecule has 5 N–H and O–H groups in total. The molecule has 0 radical (unpaired) electrons. The Morgan fingerprint density at radius 3 is 2.63 bits per heavy atom. The number of nitrogens with one attached hydrogen (secondary N) is 1. The molecule has 2 spiro atoms. The lowest BCUT2D eigenvalue weighted by atomic mass is 9.46. The Labute approximate surface area is 265 Å². The monoisotopic (exact) mass is 653 g/mol. The summed E-state index contributed by atoms with van der Waals surface area (Å²) < 4.78 is 47.7. The van der Waals surface area contributed by atoms with Gasteiger partial charge < -0.3 is 63.6 Å². The first-order valence-electron chi connectivity index (χ1n) is 16.3. The van der Waals surface area contributed by atoms with Crippen molar-refractivity contribution < 1.29 is 67.9 Å². The quantitative estimate of drug-likeness (QED) is 0.105. The maximum absolute atomic E-state index is 13.3. The van der Waals surface area contributed by atoms with Gasteiger partial charge in [0.15, 0.2) is 18.0 Å². The molecule has 5 heterocycles. The Kier molecular flexibility index (Phi) is 7.18. The third-order valence-electron chi connectivity index (χ3n) is 12.2. The third-order valence-corrected chi connectivity index (χ3v) is 12.2. The molecule has 0 aromatic rings. The molecule has 0 aromatic heterocycles. The van der Waals surface area contributed by atoms with Gasteiger partial charge in [-0.25, -0.2) is 9.59 Å². The van der Waals surface area contributed by atoms with Gasteiger partial charge in [0.25, 0.3) is 0 Å². The molecule has 2 saturated carbocycles. The van der Waals surface area contributed by atoms with E-state index < -0.39 is 66.3 Å². The second-order valence-corrected chi connectivity index (χ2v) is 14.4. The van der Waals surface area contributed by atoms with E-state index in [-0.39, 0.29) is 67.9 Å². The van der Waals surface area contributed by atoms with Crippen LogP contribution in [0.5, 0.6) is 0 Å². The Morgan fingerprint density at radius 1 is 1.07 bits per heavy atom. The van der Waals surface area contributed by atoms with Crippen LogP contribution in [0.4, 0.5) is 4.79 Å². The van der Waals surface area contributed by atoms with Crippen molar-refractivity contribution in [3.63, 3.8) is 0 Å². The molecule has 0 bridgehead atoms. The zero-order chi connectivity index (χ0) is 32.4. The van der Waals surface area contributed by atoms with Crippen LogP contribution in [0.1, 0.15) is 40.0 Å². The number of aliphatic hydroxyl groups is 4. The van der Waals surface area contributed by atoms with E-state index in [0.717, 1.165) is 17.6 Å². The van der Waals surface area contributed by atoms with Crippen LogP contribution < -0.4 is 5.32 Å². The molecule has 8 rings (SSSR count). The first-order valence-corrected chi connectivity index (χ1v) is 16.3.